The third-order valence-electron chi connectivity index (χ3n) is 11.0. The molecule has 4 amide bonds. The molecular formula is C40H67N5O8. The van der Waals surface area contributed by atoms with Gasteiger partial charge in [-0.1, -0.05) is 85.2 Å². The van der Waals surface area contributed by atoms with Gasteiger partial charge >= 0.3 is 5.97 Å². The predicted molar refractivity (Wildman–Crippen MR) is 205 cm³/mol. The van der Waals surface area contributed by atoms with Crippen LogP contribution < -0.4 is 16.0 Å². The zero-order valence-electron chi connectivity index (χ0n) is 34.0. The number of carbonyl (C=O) groups is 5. The molecule has 0 spiro atoms. The first-order valence-electron chi connectivity index (χ1n) is 19.1. The van der Waals surface area contributed by atoms with Gasteiger partial charge in [0.1, 0.15) is 12.1 Å². The molecule has 53 heavy (non-hydrogen) atoms. The number of likely N-dealkylation sites (tertiary alicyclic amines) is 1. The van der Waals surface area contributed by atoms with Crippen molar-refractivity contribution in [2.75, 3.05) is 28.3 Å². The molecule has 0 saturated carbocycles. The van der Waals surface area contributed by atoms with Crippen LogP contribution in [-0.2, 0) is 39.9 Å². The van der Waals surface area contributed by atoms with Gasteiger partial charge in [-0.15, -0.1) is 0 Å². The van der Waals surface area contributed by atoms with Crippen molar-refractivity contribution in [2.24, 2.45) is 23.7 Å². The summed E-state index contributed by atoms with van der Waals surface area (Å²) in [5.41, 5.74) is 0.784. The molecule has 4 N–H and O–H groups in total. The number of carboxylic acids is 1. The zero-order chi connectivity index (χ0) is 40.2. The van der Waals surface area contributed by atoms with Gasteiger partial charge in [-0.2, -0.15) is 0 Å². The number of nitrogens with one attached hydrogen (secondary N) is 3. The first-order chi connectivity index (χ1) is 24.9. The monoisotopic (exact) mass is 745 g/mol. The van der Waals surface area contributed by atoms with E-state index in [0.29, 0.717) is 19.3 Å². The van der Waals surface area contributed by atoms with E-state index in [1.54, 1.807) is 30.8 Å². The molecule has 1 fully saturated rings. The van der Waals surface area contributed by atoms with E-state index in [1.807, 2.05) is 78.8 Å². The number of amides is 4. The molecule has 0 radical (unpaired) electrons. The largest absolute Gasteiger partial charge is 0.480 e. The summed E-state index contributed by atoms with van der Waals surface area (Å²) in [5.74, 6) is -3.30. The fourth-order valence-corrected chi connectivity index (χ4v) is 7.72. The lowest BCUT2D eigenvalue weighted by atomic mass is 9.89. The molecule has 13 heteroatoms. The summed E-state index contributed by atoms with van der Waals surface area (Å²) in [7, 11) is 6.47. The topological polar surface area (TPSA) is 167 Å². The second-order valence-electron chi connectivity index (χ2n) is 15.4. The fourth-order valence-electron chi connectivity index (χ4n) is 7.72. The molecule has 300 valence electrons. The van der Waals surface area contributed by atoms with Crippen LogP contribution in [0.5, 0.6) is 0 Å². The van der Waals surface area contributed by atoms with Gasteiger partial charge in [0.2, 0.25) is 23.6 Å². The van der Waals surface area contributed by atoms with E-state index in [-0.39, 0.29) is 54.4 Å². The van der Waals surface area contributed by atoms with Gasteiger partial charge in [0.05, 0.1) is 42.7 Å². The summed E-state index contributed by atoms with van der Waals surface area (Å²) in [5, 5.41) is 18.6. The summed E-state index contributed by atoms with van der Waals surface area (Å²) in [4.78, 5) is 70.8. The second kappa shape index (κ2) is 21.4. The maximum atomic E-state index is 14.3. The number of ether oxygens (including phenoxy) is 2. The van der Waals surface area contributed by atoms with Gasteiger partial charge in [0, 0.05) is 33.7 Å². The van der Waals surface area contributed by atoms with Crippen molar-refractivity contribution in [1.82, 2.24) is 25.8 Å². The molecule has 1 saturated heterocycles. The zero-order valence-corrected chi connectivity index (χ0v) is 34.0. The number of benzene rings is 1. The van der Waals surface area contributed by atoms with Crippen molar-refractivity contribution in [1.29, 1.82) is 0 Å². The Labute approximate surface area is 317 Å². The van der Waals surface area contributed by atoms with Crippen molar-refractivity contribution in [2.45, 2.75) is 136 Å². The standard InChI is InChI=1S/C40H67N5O8/c1-13-25(6)35(44(10)39(49)34(24(4)5)43-38(48)33(41-9)23(2)3)31(52-11)22-32(46)45-26(7)19-20-30(45)36(53-12)27(8)37(47)42-29(40(50)51)21-28-17-15-14-16-18-28/h14-18,23-27,29-31,33-36,41H,13,19-22H2,1-12H3,(H,42,47)(H,43,48)(H,50,51)/t25-,26-,27+,29-,30-,31?,33-,34-,35?,36+/m0/s1. The number of aliphatic carboxylic acids is 1. The smallest absolute Gasteiger partial charge is 0.326 e. The maximum Gasteiger partial charge on any atom is 0.326 e. The van der Waals surface area contributed by atoms with Crippen LogP contribution in [0.25, 0.3) is 0 Å². The first-order valence-corrected chi connectivity index (χ1v) is 19.1. The Morgan fingerprint density at radius 1 is 0.906 bits per heavy atom. The molecule has 0 aromatic heterocycles. The molecular weight excluding hydrogens is 678 g/mol. The second-order valence-corrected chi connectivity index (χ2v) is 15.4. The number of hydrogen-bond donors (Lipinski definition) is 4. The SMILES string of the molecule is CC[C@H](C)C(C(CC(=O)N1[C@@H](C)CC[C@H]1[C@H](OC)[C@@H](C)C(=O)N[C@@H](Cc1ccccc1)C(=O)O)OC)N(C)C(=O)[C@@H](NC(=O)[C@@H](NC)C(C)C)C(C)C. The Bertz CT molecular complexity index is 1340. The van der Waals surface area contributed by atoms with Crippen molar-refractivity contribution in [3.05, 3.63) is 35.9 Å². The molecule has 1 aromatic carbocycles. The Hall–Kier alpha value is -3.55. The van der Waals surface area contributed by atoms with E-state index < -0.39 is 60.2 Å². The summed E-state index contributed by atoms with van der Waals surface area (Å²) in [6, 6.07) is 5.65. The summed E-state index contributed by atoms with van der Waals surface area (Å²) < 4.78 is 11.9. The molecule has 2 unspecified atom stereocenters. The van der Waals surface area contributed by atoms with Crippen LogP contribution in [0.15, 0.2) is 30.3 Å². The lowest BCUT2D eigenvalue weighted by Crippen LogP contribution is -2.59. The van der Waals surface area contributed by atoms with Crippen LogP contribution in [0, 0.1) is 23.7 Å². The normalized spacial score (nSPS) is 20.5. The quantitative estimate of drug-likeness (QED) is 0.147. The molecule has 2 rings (SSSR count). The van der Waals surface area contributed by atoms with Gasteiger partial charge in [-0.05, 0) is 50.1 Å². The van der Waals surface area contributed by atoms with Crippen LogP contribution in [0.2, 0.25) is 0 Å². The lowest BCUT2D eigenvalue weighted by molar-refractivity contribution is -0.149. The van der Waals surface area contributed by atoms with Gasteiger partial charge in [-0.3, -0.25) is 19.2 Å². The van der Waals surface area contributed by atoms with E-state index in [2.05, 4.69) is 16.0 Å². The Balaban J connectivity index is 2.31. The minimum absolute atomic E-state index is 0.0190. The van der Waals surface area contributed by atoms with Gasteiger partial charge in [-0.25, -0.2) is 4.79 Å². The van der Waals surface area contributed by atoms with Crippen molar-refractivity contribution < 1.29 is 38.6 Å². The number of likely N-dealkylation sites (N-methyl/N-ethyl adjacent to an activating group) is 2. The highest BCUT2D eigenvalue weighted by Crippen LogP contribution is 2.33. The van der Waals surface area contributed by atoms with E-state index in [1.165, 1.54) is 14.2 Å². The maximum absolute atomic E-state index is 14.3. The minimum atomic E-state index is -1.14. The predicted octanol–water partition coefficient (Wildman–Crippen LogP) is 3.49. The fraction of sp³-hybridized carbons (Fsp3) is 0.725. The van der Waals surface area contributed by atoms with Crippen LogP contribution in [0.1, 0.15) is 86.6 Å². The summed E-state index contributed by atoms with van der Waals surface area (Å²) in [6.45, 7) is 15.4. The summed E-state index contributed by atoms with van der Waals surface area (Å²) in [6.07, 6.45) is 0.748. The first kappa shape index (κ1) is 45.6. The Morgan fingerprint density at radius 3 is 2.00 bits per heavy atom. The highest BCUT2D eigenvalue weighted by molar-refractivity contribution is 5.90. The van der Waals surface area contributed by atoms with E-state index in [4.69, 9.17) is 9.47 Å². The summed E-state index contributed by atoms with van der Waals surface area (Å²) >= 11 is 0. The van der Waals surface area contributed by atoms with Crippen LogP contribution in [-0.4, -0.2) is 121 Å². The average molecular weight is 746 g/mol. The highest BCUT2D eigenvalue weighted by Gasteiger charge is 2.45. The van der Waals surface area contributed by atoms with Crippen LogP contribution >= 0.6 is 0 Å². The highest BCUT2D eigenvalue weighted by atomic mass is 16.5. The van der Waals surface area contributed by atoms with Crippen molar-refractivity contribution >= 4 is 29.6 Å². The lowest BCUT2D eigenvalue weighted by Gasteiger charge is -2.41. The minimum Gasteiger partial charge on any atom is -0.480 e. The number of rotatable bonds is 21. The van der Waals surface area contributed by atoms with Crippen molar-refractivity contribution in [3.63, 3.8) is 0 Å². The third-order valence-corrected chi connectivity index (χ3v) is 11.0. The number of carbonyl (C=O) groups excluding carboxylic acids is 4. The molecule has 1 aliphatic rings. The molecule has 0 aliphatic carbocycles. The molecule has 13 nitrogen and oxygen atoms in total. The van der Waals surface area contributed by atoms with Crippen LogP contribution in [0.3, 0.4) is 0 Å². The van der Waals surface area contributed by atoms with Crippen molar-refractivity contribution in [3.8, 4) is 0 Å². The Kier molecular flexibility index (Phi) is 18.4. The van der Waals surface area contributed by atoms with Crippen LogP contribution in [0.4, 0.5) is 0 Å². The number of carboxylic acid groups (broad SMARTS) is 1. The van der Waals surface area contributed by atoms with Gasteiger partial charge in [0.25, 0.3) is 0 Å². The molecule has 1 aliphatic heterocycles. The number of hydrogen-bond acceptors (Lipinski definition) is 8. The molecule has 10 atom stereocenters. The third kappa shape index (κ3) is 12.0. The molecule has 1 heterocycles. The van der Waals surface area contributed by atoms with E-state index in [0.717, 1.165) is 5.56 Å². The van der Waals surface area contributed by atoms with E-state index >= 15 is 0 Å². The molecule has 0 bridgehead atoms. The van der Waals surface area contributed by atoms with Gasteiger partial charge < -0.3 is 40.3 Å². The average Bonchev–Trinajstić information content (AvgIpc) is 3.50. The van der Waals surface area contributed by atoms with Gasteiger partial charge in [0.15, 0.2) is 0 Å². The molecule has 1 aromatic rings. The number of methoxy groups -OCH3 is 2. The van der Waals surface area contributed by atoms with E-state index in [9.17, 15) is 29.1 Å². The Morgan fingerprint density at radius 2 is 1.51 bits per heavy atom. The number of nitrogens with zero attached hydrogens (tertiary/aromatic N) is 2.